The number of likely N-dealkylation sites (N-methyl/N-ethyl adjacent to an activating group) is 1. The van der Waals surface area contributed by atoms with E-state index in [0.29, 0.717) is 23.6 Å². The van der Waals surface area contributed by atoms with Gasteiger partial charge in [0.15, 0.2) is 5.75 Å². The van der Waals surface area contributed by atoms with E-state index in [9.17, 15) is 14.4 Å². The van der Waals surface area contributed by atoms with Crippen molar-refractivity contribution in [3.63, 3.8) is 0 Å². The summed E-state index contributed by atoms with van der Waals surface area (Å²) in [5, 5.41) is 6.97. The number of carbonyl (C=O) groups excluding carboxylic acids is 2. The van der Waals surface area contributed by atoms with Gasteiger partial charge in [0.05, 0.1) is 20.8 Å². The van der Waals surface area contributed by atoms with E-state index in [1.165, 1.54) is 22.8 Å². The van der Waals surface area contributed by atoms with Gasteiger partial charge in [-0.1, -0.05) is 0 Å². The van der Waals surface area contributed by atoms with Crippen LogP contribution in [0.4, 0.5) is 0 Å². The van der Waals surface area contributed by atoms with Crippen LogP contribution in [0.2, 0.25) is 0 Å². The normalized spacial score (nSPS) is 10.3. The van der Waals surface area contributed by atoms with Crippen LogP contribution in [0.15, 0.2) is 35.1 Å². The van der Waals surface area contributed by atoms with Crippen molar-refractivity contribution in [2.75, 3.05) is 34.9 Å². The van der Waals surface area contributed by atoms with Crippen molar-refractivity contribution >= 4 is 11.8 Å². The highest BCUT2D eigenvalue weighted by atomic mass is 16.5. The van der Waals surface area contributed by atoms with Crippen molar-refractivity contribution in [1.82, 2.24) is 20.0 Å². The van der Waals surface area contributed by atoms with Gasteiger partial charge in [0.25, 0.3) is 5.56 Å². The van der Waals surface area contributed by atoms with Crippen LogP contribution in [0.25, 0.3) is 11.3 Å². The van der Waals surface area contributed by atoms with Gasteiger partial charge in [-0.15, -0.1) is 0 Å². The molecule has 1 heterocycles. The van der Waals surface area contributed by atoms with Crippen LogP contribution in [-0.2, 0) is 16.1 Å². The van der Waals surface area contributed by atoms with Crippen molar-refractivity contribution in [2.24, 2.45) is 0 Å². The average Bonchev–Trinajstić information content (AvgIpc) is 2.72. The van der Waals surface area contributed by atoms with E-state index >= 15 is 0 Å². The maximum atomic E-state index is 12.3. The summed E-state index contributed by atoms with van der Waals surface area (Å²) in [5.41, 5.74) is 0.981. The molecule has 9 heteroatoms. The lowest BCUT2D eigenvalue weighted by Crippen LogP contribution is -2.36. The number of nitrogens with zero attached hydrogens (tertiary/aromatic N) is 3. The van der Waals surface area contributed by atoms with Gasteiger partial charge >= 0.3 is 0 Å². The molecule has 0 unspecified atom stereocenters. The van der Waals surface area contributed by atoms with E-state index in [1.807, 2.05) is 12.1 Å². The number of methoxy groups -OCH3 is 2. The number of aromatic nitrogens is 2. The highest BCUT2D eigenvalue weighted by Gasteiger charge is 2.13. The predicted molar refractivity (Wildman–Crippen MR) is 108 cm³/mol. The van der Waals surface area contributed by atoms with Crippen LogP contribution < -0.4 is 20.3 Å². The van der Waals surface area contributed by atoms with E-state index < -0.39 is 0 Å². The zero-order chi connectivity index (χ0) is 21.4. The molecule has 0 atom stereocenters. The SMILES string of the molecule is COc1ccc(-c2nn(CCCC(=O)NCC(=O)N(C)C)c(=O)cc2OC)cc1. The summed E-state index contributed by atoms with van der Waals surface area (Å²) in [7, 11) is 6.31. The summed E-state index contributed by atoms with van der Waals surface area (Å²) in [4.78, 5) is 37.1. The Hall–Kier alpha value is -3.36. The molecular formula is C20H26N4O5. The predicted octanol–water partition coefficient (Wildman–Crippen LogP) is 0.912. The first-order valence-electron chi connectivity index (χ1n) is 9.13. The molecule has 0 saturated heterocycles. The van der Waals surface area contributed by atoms with E-state index in [2.05, 4.69) is 10.4 Å². The number of benzene rings is 1. The van der Waals surface area contributed by atoms with Crippen LogP contribution in [0, 0.1) is 0 Å². The first-order valence-corrected chi connectivity index (χ1v) is 9.13. The zero-order valence-corrected chi connectivity index (χ0v) is 17.1. The van der Waals surface area contributed by atoms with E-state index in [0.717, 1.165) is 5.56 Å². The highest BCUT2D eigenvalue weighted by Crippen LogP contribution is 2.27. The maximum absolute atomic E-state index is 12.3. The maximum Gasteiger partial charge on any atom is 0.270 e. The Morgan fingerprint density at radius 1 is 1.14 bits per heavy atom. The Morgan fingerprint density at radius 3 is 2.41 bits per heavy atom. The number of rotatable bonds is 9. The fourth-order valence-electron chi connectivity index (χ4n) is 2.55. The van der Waals surface area contributed by atoms with Gasteiger partial charge in [-0.25, -0.2) is 4.68 Å². The van der Waals surface area contributed by atoms with E-state index in [4.69, 9.17) is 9.47 Å². The summed E-state index contributed by atoms with van der Waals surface area (Å²) < 4.78 is 11.8. The molecule has 156 valence electrons. The largest absolute Gasteiger partial charge is 0.497 e. The van der Waals surface area contributed by atoms with Crippen LogP contribution in [0.1, 0.15) is 12.8 Å². The highest BCUT2D eigenvalue weighted by molar-refractivity contribution is 5.84. The molecule has 2 amide bonds. The average molecular weight is 402 g/mol. The van der Waals surface area contributed by atoms with Gasteiger partial charge in [0, 0.05) is 38.7 Å². The summed E-state index contributed by atoms with van der Waals surface area (Å²) >= 11 is 0. The molecule has 1 aromatic heterocycles. The minimum Gasteiger partial charge on any atom is -0.497 e. The topological polar surface area (TPSA) is 103 Å². The first-order chi connectivity index (χ1) is 13.8. The number of hydrogen-bond donors (Lipinski definition) is 1. The molecule has 0 radical (unpaired) electrons. The minimum absolute atomic E-state index is 0.0474. The van der Waals surface area contributed by atoms with Gasteiger partial charge < -0.3 is 19.7 Å². The summed E-state index contributed by atoms with van der Waals surface area (Å²) in [6.45, 7) is 0.217. The van der Waals surface area contributed by atoms with Crippen LogP contribution >= 0.6 is 0 Å². The molecule has 0 aliphatic carbocycles. The lowest BCUT2D eigenvalue weighted by atomic mass is 10.1. The Bertz CT molecular complexity index is 906. The first kappa shape index (κ1) is 21.9. The summed E-state index contributed by atoms with van der Waals surface area (Å²) in [5.74, 6) is 0.642. The molecule has 0 aliphatic heterocycles. The summed E-state index contributed by atoms with van der Waals surface area (Å²) in [6, 6.07) is 8.63. The van der Waals surface area contributed by atoms with Gasteiger partial charge in [-0.2, -0.15) is 5.10 Å². The van der Waals surface area contributed by atoms with Crippen molar-refractivity contribution in [2.45, 2.75) is 19.4 Å². The molecule has 29 heavy (non-hydrogen) atoms. The number of ether oxygens (including phenoxy) is 2. The lowest BCUT2D eigenvalue weighted by Gasteiger charge is -2.12. The fourth-order valence-corrected chi connectivity index (χ4v) is 2.55. The third-order valence-electron chi connectivity index (χ3n) is 4.26. The van der Waals surface area contributed by atoms with Crippen LogP contribution in [0.5, 0.6) is 11.5 Å². The number of carbonyl (C=O) groups is 2. The smallest absolute Gasteiger partial charge is 0.270 e. The third kappa shape index (κ3) is 6.06. The number of aryl methyl sites for hydroxylation is 1. The quantitative estimate of drug-likeness (QED) is 0.669. The van der Waals surface area contributed by atoms with Gasteiger partial charge in [0.2, 0.25) is 11.8 Å². The van der Waals surface area contributed by atoms with E-state index in [-0.39, 0.29) is 36.9 Å². The fraction of sp³-hybridized carbons (Fsp3) is 0.400. The van der Waals surface area contributed by atoms with Crippen LogP contribution in [-0.4, -0.2) is 61.4 Å². The van der Waals surface area contributed by atoms with Gasteiger partial charge in [-0.3, -0.25) is 14.4 Å². The standard InChI is InChI=1S/C20H26N4O5/c1-23(2)19(27)13-21-17(25)6-5-11-24-18(26)12-16(29-4)20(22-24)14-7-9-15(28-3)10-8-14/h7-10,12H,5-6,11,13H2,1-4H3,(H,21,25). The molecular weight excluding hydrogens is 376 g/mol. The molecule has 1 N–H and O–H groups in total. The van der Waals surface area contributed by atoms with Crippen molar-refractivity contribution in [1.29, 1.82) is 0 Å². The molecule has 0 fully saturated rings. The molecule has 0 spiro atoms. The Labute approximate surface area is 169 Å². The Morgan fingerprint density at radius 2 is 1.83 bits per heavy atom. The zero-order valence-electron chi connectivity index (χ0n) is 17.1. The lowest BCUT2D eigenvalue weighted by molar-refractivity contribution is -0.130. The molecule has 1 aromatic carbocycles. The second kappa shape index (κ2) is 10.3. The van der Waals surface area contributed by atoms with E-state index in [1.54, 1.807) is 33.3 Å². The molecule has 9 nitrogen and oxygen atoms in total. The molecule has 2 rings (SSSR count). The minimum atomic E-state index is -0.317. The molecule has 0 saturated carbocycles. The number of amides is 2. The molecule has 0 bridgehead atoms. The second-order valence-corrected chi connectivity index (χ2v) is 6.52. The van der Waals surface area contributed by atoms with Crippen molar-refractivity contribution in [3.8, 4) is 22.8 Å². The second-order valence-electron chi connectivity index (χ2n) is 6.52. The Balaban J connectivity index is 2.06. The van der Waals surface area contributed by atoms with Crippen molar-refractivity contribution < 1.29 is 19.1 Å². The molecule has 0 aliphatic rings. The Kier molecular flexibility index (Phi) is 7.76. The van der Waals surface area contributed by atoms with Crippen molar-refractivity contribution in [3.05, 3.63) is 40.7 Å². The monoisotopic (exact) mass is 402 g/mol. The number of nitrogens with one attached hydrogen (secondary N) is 1. The third-order valence-corrected chi connectivity index (χ3v) is 4.26. The summed E-state index contributed by atoms with van der Waals surface area (Å²) in [6.07, 6.45) is 0.585. The molecule has 2 aromatic rings. The van der Waals surface area contributed by atoms with Gasteiger partial charge in [-0.05, 0) is 30.7 Å². The van der Waals surface area contributed by atoms with Gasteiger partial charge in [0.1, 0.15) is 11.4 Å². The van der Waals surface area contributed by atoms with Crippen LogP contribution in [0.3, 0.4) is 0 Å². The number of hydrogen-bond acceptors (Lipinski definition) is 6.